The van der Waals surface area contributed by atoms with Crippen LogP contribution in [-0.2, 0) is 4.74 Å². The standard InChI is InChI=1S/C27H34N6O2/c1-16(2)24-21-13-20(19-7-10-32(11-8-19)27(34)35-12-9-28)5-6-23(21)31-25(24)22-14-33-26(29-15-30-33)18(4)17(22)3/h5-6,13-16,19,31H,7-12,28H2,1-4H3. The molecule has 0 atom stereocenters. The topological polar surface area (TPSA) is 102 Å². The van der Waals surface area contributed by atoms with Crippen LogP contribution < -0.4 is 5.73 Å². The van der Waals surface area contributed by atoms with Crippen molar-refractivity contribution in [3.05, 3.63) is 53.0 Å². The van der Waals surface area contributed by atoms with Gasteiger partial charge in [0.2, 0.25) is 0 Å². The van der Waals surface area contributed by atoms with Crippen LogP contribution >= 0.6 is 0 Å². The smallest absolute Gasteiger partial charge is 0.409 e. The van der Waals surface area contributed by atoms with Gasteiger partial charge in [-0.1, -0.05) is 19.9 Å². The Bertz CT molecular complexity index is 1380. The van der Waals surface area contributed by atoms with Crippen LogP contribution in [0, 0.1) is 13.8 Å². The molecule has 8 nitrogen and oxygen atoms in total. The molecular formula is C27H34N6O2. The van der Waals surface area contributed by atoms with Gasteiger partial charge in [0.15, 0.2) is 5.65 Å². The van der Waals surface area contributed by atoms with Gasteiger partial charge in [-0.25, -0.2) is 14.3 Å². The quantitative estimate of drug-likeness (QED) is 0.429. The third kappa shape index (κ3) is 4.16. The normalized spacial score (nSPS) is 15.0. The first-order valence-corrected chi connectivity index (χ1v) is 12.5. The number of likely N-dealkylation sites (tertiary alicyclic amines) is 1. The molecule has 1 aliphatic heterocycles. The number of nitrogens with one attached hydrogen (secondary N) is 1. The number of ether oxygens (including phenoxy) is 1. The number of aryl methyl sites for hydroxylation is 1. The van der Waals surface area contributed by atoms with Crippen LogP contribution in [0.15, 0.2) is 30.7 Å². The highest BCUT2D eigenvalue weighted by atomic mass is 16.6. The number of pyridine rings is 1. The van der Waals surface area contributed by atoms with E-state index in [2.05, 4.69) is 67.2 Å². The summed E-state index contributed by atoms with van der Waals surface area (Å²) < 4.78 is 7.07. The Morgan fingerprint density at radius 3 is 2.71 bits per heavy atom. The van der Waals surface area contributed by atoms with Crippen molar-refractivity contribution in [2.45, 2.75) is 52.4 Å². The van der Waals surface area contributed by atoms with Crippen molar-refractivity contribution < 1.29 is 9.53 Å². The Morgan fingerprint density at radius 1 is 1.23 bits per heavy atom. The highest BCUT2D eigenvalue weighted by Gasteiger charge is 2.26. The van der Waals surface area contributed by atoms with E-state index >= 15 is 0 Å². The maximum atomic E-state index is 12.2. The molecule has 0 spiro atoms. The van der Waals surface area contributed by atoms with E-state index in [-0.39, 0.29) is 12.7 Å². The van der Waals surface area contributed by atoms with Crippen LogP contribution in [0.4, 0.5) is 4.79 Å². The number of hydrogen-bond acceptors (Lipinski definition) is 5. The maximum absolute atomic E-state index is 12.2. The fourth-order valence-corrected chi connectivity index (χ4v) is 5.38. The molecule has 3 N–H and O–H groups in total. The molecular weight excluding hydrogens is 440 g/mol. The van der Waals surface area contributed by atoms with E-state index in [1.165, 1.54) is 22.1 Å². The summed E-state index contributed by atoms with van der Waals surface area (Å²) in [7, 11) is 0. The number of nitrogens with two attached hydrogens (primary N) is 1. The first-order valence-electron chi connectivity index (χ1n) is 12.5. The first kappa shape index (κ1) is 23.4. The maximum Gasteiger partial charge on any atom is 0.409 e. The van der Waals surface area contributed by atoms with Crippen LogP contribution in [0.2, 0.25) is 0 Å². The summed E-state index contributed by atoms with van der Waals surface area (Å²) in [5, 5.41) is 5.67. The van der Waals surface area contributed by atoms with Crippen molar-refractivity contribution in [3.63, 3.8) is 0 Å². The van der Waals surface area contributed by atoms with E-state index in [0.29, 0.717) is 31.5 Å². The molecule has 0 radical (unpaired) electrons. The molecule has 184 valence electrons. The highest BCUT2D eigenvalue weighted by molar-refractivity contribution is 5.92. The number of piperidine rings is 1. The molecule has 0 unspecified atom stereocenters. The zero-order chi connectivity index (χ0) is 24.7. The van der Waals surface area contributed by atoms with Crippen LogP contribution in [0.1, 0.15) is 60.8 Å². The van der Waals surface area contributed by atoms with Gasteiger partial charge >= 0.3 is 6.09 Å². The fourth-order valence-electron chi connectivity index (χ4n) is 5.38. The number of H-pyrrole nitrogens is 1. The molecule has 0 bridgehead atoms. The van der Waals surface area contributed by atoms with E-state index in [9.17, 15) is 4.79 Å². The number of aromatic amines is 1. The van der Waals surface area contributed by atoms with Gasteiger partial charge in [-0.3, -0.25) is 0 Å². The number of amides is 1. The summed E-state index contributed by atoms with van der Waals surface area (Å²) in [5.41, 5.74) is 14.8. The predicted molar refractivity (Wildman–Crippen MR) is 138 cm³/mol. The van der Waals surface area contributed by atoms with Crippen LogP contribution in [0.3, 0.4) is 0 Å². The number of rotatable bonds is 5. The molecule has 1 fully saturated rings. The van der Waals surface area contributed by atoms with Gasteiger partial charge in [0.05, 0.1) is 5.69 Å². The minimum absolute atomic E-state index is 0.253. The van der Waals surface area contributed by atoms with Gasteiger partial charge in [-0.15, -0.1) is 0 Å². The molecule has 4 heterocycles. The number of fused-ring (bicyclic) bond motifs is 2. The summed E-state index contributed by atoms with van der Waals surface area (Å²) in [6, 6.07) is 6.80. The Morgan fingerprint density at radius 2 is 2.00 bits per heavy atom. The van der Waals surface area contributed by atoms with E-state index in [1.54, 1.807) is 11.2 Å². The monoisotopic (exact) mass is 474 g/mol. The van der Waals surface area contributed by atoms with Crippen molar-refractivity contribution in [1.29, 1.82) is 0 Å². The first-order chi connectivity index (χ1) is 16.9. The number of nitrogens with zero attached hydrogens (tertiary/aromatic N) is 4. The summed E-state index contributed by atoms with van der Waals surface area (Å²) in [5.74, 6) is 0.770. The SMILES string of the molecule is Cc1c(-c2[nH]c3ccc(C4CCN(C(=O)OCCN)CC4)cc3c2C(C)C)cn2ncnc2c1C. The van der Waals surface area contributed by atoms with E-state index in [1.807, 2.05) is 4.52 Å². The zero-order valence-corrected chi connectivity index (χ0v) is 21.0. The van der Waals surface area contributed by atoms with Crippen LogP contribution in [0.25, 0.3) is 27.8 Å². The second-order valence-electron chi connectivity index (χ2n) is 9.86. The third-order valence-corrected chi connectivity index (χ3v) is 7.40. The fraction of sp³-hybridized carbons (Fsp3) is 0.444. The summed E-state index contributed by atoms with van der Waals surface area (Å²) >= 11 is 0. The Labute approximate surface area is 205 Å². The molecule has 0 saturated carbocycles. The Balaban J connectivity index is 1.49. The van der Waals surface area contributed by atoms with Gasteiger partial charge in [0.25, 0.3) is 0 Å². The molecule has 1 aromatic carbocycles. The Hall–Kier alpha value is -3.39. The summed E-state index contributed by atoms with van der Waals surface area (Å²) in [6.45, 7) is 10.8. The lowest BCUT2D eigenvalue weighted by molar-refractivity contribution is 0.0951. The van der Waals surface area contributed by atoms with Crippen molar-refractivity contribution in [3.8, 4) is 11.3 Å². The van der Waals surface area contributed by atoms with Crippen molar-refractivity contribution >= 4 is 22.6 Å². The highest BCUT2D eigenvalue weighted by Crippen LogP contribution is 2.39. The van der Waals surface area contributed by atoms with E-state index in [0.717, 1.165) is 40.8 Å². The van der Waals surface area contributed by atoms with Gasteiger partial charge in [0.1, 0.15) is 12.9 Å². The minimum atomic E-state index is -0.253. The number of carbonyl (C=O) groups is 1. The van der Waals surface area contributed by atoms with Crippen molar-refractivity contribution in [1.82, 2.24) is 24.5 Å². The molecule has 1 amide bonds. The average Bonchev–Trinajstić information content (AvgIpc) is 3.49. The van der Waals surface area contributed by atoms with Crippen molar-refractivity contribution in [2.75, 3.05) is 26.2 Å². The second kappa shape index (κ2) is 9.34. The van der Waals surface area contributed by atoms with E-state index in [4.69, 9.17) is 10.5 Å². The van der Waals surface area contributed by atoms with E-state index < -0.39 is 0 Å². The lowest BCUT2D eigenvalue weighted by Gasteiger charge is -2.31. The van der Waals surface area contributed by atoms with Gasteiger partial charge in [-0.05, 0) is 72.9 Å². The average molecular weight is 475 g/mol. The molecule has 1 saturated heterocycles. The zero-order valence-electron chi connectivity index (χ0n) is 21.0. The number of carbonyl (C=O) groups excluding carboxylic acids is 1. The van der Waals surface area contributed by atoms with Gasteiger partial charge in [0, 0.05) is 42.3 Å². The molecule has 35 heavy (non-hydrogen) atoms. The third-order valence-electron chi connectivity index (χ3n) is 7.40. The lowest BCUT2D eigenvalue weighted by atomic mass is 9.87. The van der Waals surface area contributed by atoms with Gasteiger partial charge in [-0.2, -0.15) is 5.10 Å². The molecule has 4 aromatic rings. The summed E-state index contributed by atoms with van der Waals surface area (Å²) in [6.07, 6.45) is 5.30. The van der Waals surface area contributed by atoms with Crippen molar-refractivity contribution in [2.24, 2.45) is 5.73 Å². The number of hydrogen-bond donors (Lipinski definition) is 2. The minimum Gasteiger partial charge on any atom is -0.448 e. The molecule has 0 aliphatic carbocycles. The largest absolute Gasteiger partial charge is 0.448 e. The number of aromatic nitrogens is 4. The van der Waals surface area contributed by atoms with Crippen LogP contribution in [-0.4, -0.2) is 56.8 Å². The molecule has 8 heteroatoms. The second-order valence-corrected chi connectivity index (χ2v) is 9.86. The number of benzene rings is 1. The van der Waals surface area contributed by atoms with Crippen LogP contribution in [0.5, 0.6) is 0 Å². The molecule has 3 aromatic heterocycles. The Kier molecular flexibility index (Phi) is 6.23. The predicted octanol–water partition coefficient (Wildman–Crippen LogP) is 4.89. The summed E-state index contributed by atoms with van der Waals surface area (Å²) in [4.78, 5) is 22.1. The molecule has 1 aliphatic rings. The lowest BCUT2D eigenvalue weighted by Crippen LogP contribution is -2.38. The molecule has 5 rings (SSSR count). The van der Waals surface area contributed by atoms with Gasteiger partial charge < -0.3 is 20.4 Å².